The molecule has 0 bridgehead atoms. The Hall–Kier alpha value is -2.19. The Balaban J connectivity index is 2.57. The molecule has 0 fully saturated rings. The van der Waals surface area contributed by atoms with Crippen LogP contribution < -0.4 is 0 Å². The fourth-order valence-electron chi connectivity index (χ4n) is 0.788. The third-order valence-electron chi connectivity index (χ3n) is 1.37. The summed E-state index contributed by atoms with van der Waals surface area (Å²) >= 11 is 0. The van der Waals surface area contributed by atoms with Gasteiger partial charge in [-0.25, -0.2) is 4.79 Å². The molecule has 0 unspecified atom stereocenters. The molecule has 0 aliphatic carbocycles. The molecule has 14 heavy (non-hydrogen) atoms. The Labute approximate surface area is 82.9 Å². The van der Waals surface area contributed by atoms with Crippen molar-refractivity contribution < 1.29 is 9.53 Å². The standard InChI is InChI=1S/C12H8O2/c1-2-10-14-12(13)9-8-11-6-4-3-5-7-11/h1,3-7H,10H2. The summed E-state index contributed by atoms with van der Waals surface area (Å²) in [6.07, 6.45) is 4.91. The number of carbonyl (C=O) groups is 1. The average molecular weight is 184 g/mol. The molecule has 0 aliphatic rings. The van der Waals surface area contributed by atoms with Crippen molar-refractivity contribution in [1.29, 1.82) is 0 Å². The molecule has 0 saturated heterocycles. The van der Waals surface area contributed by atoms with Gasteiger partial charge in [-0.05, 0) is 12.1 Å². The van der Waals surface area contributed by atoms with Crippen molar-refractivity contribution in [1.82, 2.24) is 0 Å². The van der Waals surface area contributed by atoms with Gasteiger partial charge in [0.05, 0.1) is 0 Å². The van der Waals surface area contributed by atoms with Crippen LogP contribution in [0.1, 0.15) is 5.56 Å². The molecule has 0 saturated carbocycles. The van der Waals surface area contributed by atoms with Crippen molar-refractivity contribution in [2.75, 3.05) is 6.61 Å². The molecule has 1 aromatic carbocycles. The fraction of sp³-hybridized carbons (Fsp3) is 0.0833. The monoisotopic (exact) mass is 184 g/mol. The first-order chi connectivity index (χ1) is 6.83. The van der Waals surface area contributed by atoms with Gasteiger partial charge in [0, 0.05) is 11.5 Å². The quantitative estimate of drug-likeness (QED) is 0.484. The first-order valence-electron chi connectivity index (χ1n) is 4.00. The second-order valence-electron chi connectivity index (χ2n) is 2.40. The van der Waals surface area contributed by atoms with E-state index < -0.39 is 5.97 Å². The van der Waals surface area contributed by atoms with Crippen LogP contribution in [-0.2, 0) is 9.53 Å². The topological polar surface area (TPSA) is 26.3 Å². The van der Waals surface area contributed by atoms with Crippen LogP contribution in [0.3, 0.4) is 0 Å². The van der Waals surface area contributed by atoms with Gasteiger partial charge in [0.15, 0.2) is 6.61 Å². The molecule has 2 nitrogen and oxygen atoms in total. The lowest BCUT2D eigenvalue weighted by Gasteiger charge is -1.90. The van der Waals surface area contributed by atoms with Gasteiger partial charge >= 0.3 is 5.97 Å². The number of rotatable bonds is 1. The van der Waals surface area contributed by atoms with Gasteiger partial charge in [-0.3, -0.25) is 0 Å². The second-order valence-corrected chi connectivity index (χ2v) is 2.40. The van der Waals surface area contributed by atoms with Gasteiger partial charge in [-0.15, -0.1) is 6.42 Å². The summed E-state index contributed by atoms with van der Waals surface area (Å²) in [7, 11) is 0. The van der Waals surface area contributed by atoms with Crippen molar-refractivity contribution in [3.63, 3.8) is 0 Å². The third-order valence-corrected chi connectivity index (χ3v) is 1.37. The highest BCUT2D eigenvalue weighted by molar-refractivity contribution is 5.89. The predicted octanol–water partition coefficient (Wildman–Crippen LogP) is 1.21. The second kappa shape index (κ2) is 5.45. The molecule has 1 aromatic rings. The van der Waals surface area contributed by atoms with Gasteiger partial charge in [-0.2, -0.15) is 0 Å². The summed E-state index contributed by atoms with van der Waals surface area (Å²) in [4.78, 5) is 10.9. The molecular weight excluding hydrogens is 176 g/mol. The number of esters is 1. The number of benzene rings is 1. The van der Waals surface area contributed by atoms with Crippen LogP contribution in [-0.4, -0.2) is 12.6 Å². The first-order valence-corrected chi connectivity index (χ1v) is 4.00. The third kappa shape index (κ3) is 3.47. The van der Waals surface area contributed by atoms with E-state index in [1.54, 1.807) is 0 Å². The maximum Gasteiger partial charge on any atom is 0.385 e. The molecule has 0 aromatic heterocycles. The highest BCUT2D eigenvalue weighted by atomic mass is 16.5. The van der Waals surface area contributed by atoms with Crippen LogP contribution in [0, 0.1) is 24.2 Å². The zero-order valence-electron chi connectivity index (χ0n) is 7.49. The van der Waals surface area contributed by atoms with E-state index >= 15 is 0 Å². The minimum atomic E-state index is -0.605. The minimum absolute atomic E-state index is 0.0394. The summed E-state index contributed by atoms with van der Waals surface area (Å²) in [5.41, 5.74) is 0.769. The van der Waals surface area contributed by atoms with Gasteiger partial charge in [0.1, 0.15) is 0 Å². The van der Waals surface area contributed by atoms with E-state index in [0.717, 1.165) is 5.56 Å². The van der Waals surface area contributed by atoms with Crippen LogP contribution in [0.25, 0.3) is 0 Å². The van der Waals surface area contributed by atoms with E-state index in [2.05, 4.69) is 22.5 Å². The summed E-state index contributed by atoms with van der Waals surface area (Å²) < 4.78 is 4.56. The molecule has 2 heteroatoms. The number of carbonyl (C=O) groups excluding carboxylic acids is 1. The highest BCUT2D eigenvalue weighted by Gasteiger charge is 1.92. The van der Waals surface area contributed by atoms with Gasteiger partial charge in [-0.1, -0.05) is 30.0 Å². The molecule has 0 radical (unpaired) electrons. The Morgan fingerprint density at radius 1 is 1.36 bits per heavy atom. The number of ether oxygens (including phenoxy) is 1. The summed E-state index contributed by atoms with van der Waals surface area (Å²) in [6, 6.07) is 9.18. The van der Waals surface area contributed by atoms with Crippen LogP contribution >= 0.6 is 0 Å². The number of hydrogen-bond acceptors (Lipinski definition) is 2. The minimum Gasteiger partial charge on any atom is -0.443 e. The zero-order valence-corrected chi connectivity index (χ0v) is 7.49. The summed E-state index contributed by atoms with van der Waals surface area (Å²) in [5, 5.41) is 0. The fourth-order valence-corrected chi connectivity index (χ4v) is 0.788. The molecule has 68 valence electrons. The van der Waals surface area contributed by atoms with Crippen molar-refractivity contribution in [3.05, 3.63) is 35.9 Å². The molecule has 0 spiro atoms. The maximum atomic E-state index is 10.9. The van der Waals surface area contributed by atoms with Crippen molar-refractivity contribution in [3.8, 4) is 24.2 Å². The van der Waals surface area contributed by atoms with Crippen molar-refractivity contribution in [2.24, 2.45) is 0 Å². The molecular formula is C12H8O2. The maximum absolute atomic E-state index is 10.9. The van der Waals surface area contributed by atoms with E-state index in [-0.39, 0.29) is 6.61 Å². The normalized spacial score (nSPS) is 7.93. The lowest BCUT2D eigenvalue weighted by molar-refractivity contribution is -0.135. The largest absolute Gasteiger partial charge is 0.443 e. The Morgan fingerprint density at radius 2 is 2.07 bits per heavy atom. The van der Waals surface area contributed by atoms with Crippen molar-refractivity contribution in [2.45, 2.75) is 0 Å². The molecule has 0 aliphatic heterocycles. The van der Waals surface area contributed by atoms with Crippen LogP contribution in [0.5, 0.6) is 0 Å². The smallest absolute Gasteiger partial charge is 0.385 e. The molecule has 1 rings (SSSR count). The van der Waals surface area contributed by atoms with Crippen LogP contribution in [0.4, 0.5) is 0 Å². The zero-order chi connectivity index (χ0) is 10.2. The summed E-state index contributed by atoms with van der Waals surface area (Å²) in [6.45, 7) is -0.0394. The van der Waals surface area contributed by atoms with E-state index in [9.17, 15) is 4.79 Å². The van der Waals surface area contributed by atoms with E-state index in [0.29, 0.717) is 0 Å². The van der Waals surface area contributed by atoms with Gasteiger partial charge in [0.2, 0.25) is 0 Å². The molecule has 0 heterocycles. The van der Waals surface area contributed by atoms with E-state index in [4.69, 9.17) is 6.42 Å². The van der Waals surface area contributed by atoms with Crippen LogP contribution in [0.15, 0.2) is 30.3 Å². The average Bonchev–Trinajstić information content (AvgIpc) is 2.25. The molecule has 0 N–H and O–H groups in total. The van der Waals surface area contributed by atoms with E-state index in [1.165, 1.54) is 0 Å². The van der Waals surface area contributed by atoms with Gasteiger partial charge in [0.25, 0.3) is 0 Å². The van der Waals surface area contributed by atoms with Gasteiger partial charge < -0.3 is 4.74 Å². The lowest BCUT2D eigenvalue weighted by Crippen LogP contribution is -2.00. The SMILES string of the molecule is C#CCOC(=O)C#Cc1ccccc1. The van der Waals surface area contributed by atoms with E-state index in [1.807, 2.05) is 30.3 Å². The Morgan fingerprint density at radius 3 is 2.71 bits per heavy atom. The Kier molecular flexibility index (Phi) is 3.86. The van der Waals surface area contributed by atoms with Crippen LogP contribution in [0.2, 0.25) is 0 Å². The van der Waals surface area contributed by atoms with Crippen molar-refractivity contribution >= 4 is 5.97 Å². The highest BCUT2D eigenvalue weighted by Crippen LogP contribution is 1.94. The number of terminal acetylenes is 1. The number of hydrogen-bond donors (Lipinski definition) is 0. The first kappa shape index (κ1) is 9.89. The lowest BCUT2D eigenvalue weighted by atomic mass is 10.2. The predicted molar refractivity (Wildman–Crippen MR) is 53.1 cm³/mol. The molecule has 0 atom stereocenters. The summed E-state index contributed by atoms with van der Waals surface area (Å²) in [5.74, 6) is 6.57. The molecule has 0 amide bonds. The Bertz CT molecular complexity index is 401.